The van der Waals surface area contributed by atoms with Crippen LogP contribution in [0.2, 0.25) is 0 Å². The molecule has 1 aliphatic heterocycles. The number of nitrogens with zero attached hydrogens (tertiary/aromatic N) is 2. The number of benzene rings is 1. The van der Waals surface area contributed by atoms with Crippen LogP contribution < -0.4 is 15.5 Å². The van der Waals surface area contributed by atoms with Gasteiger partial charge in [0.25, 0.3) is 5.91 Å². The van der Waals surface area contributed by atoms with E-state index in [9.17, 15) is 9.59 Å². The maximum atomic E-state index is 12.7. The summed E-state index contributed by atoms with van der Waals surface area (Å²) in [4.78, 5) is 32.1. The van der Waals surface area contributed by atoms with Crippen LogP contribution in [0.4, 0.5) is 5.82 Å². The first-order valence-corrected chi connectivity index (χ1v) is 10.3. The number of amides is 2. The van der Waals surface area contributed by atoms with Crippen molar-refractivity contribution in [3.63, 3.8) is 0 Å². The fourth-order valence-corrected chi connectivity index (χ4v) is 3.54. The normalized spacial score (nSPS) is 14.7. The van der Waals surface area contributed by atoms with Crippen molar-refractivity contribution < 1.29 is 9.59 Å². The number of aromatic nitrogens is 1. The molecule has 29 heavy (non-hydrogen) atoms. The van der Waals surface area contributed by atoms with Crippen LogP contribution in [0, 0.1) is 12.8 Å². The summed E-state index contributed by atoms with van der Waals surface area (Å²) in [5.74, 6) is 0.543. The molecule has 3 rings (SSSR count). The van der Waals surface area contributed by atoms with Crippen LogP contribution in [-0.2, 0) is 11.3 Å². The van der Waals surface area contributed by atoms with Gasteiger partial charge in [0.15, 0.2) is 0 Å². The van der Waals surface area contributed by atoms with Crippen molar-refractivity contribution in [1.82, 2.24) is 15.6 Å². The maximum Gasteiger partial charge on any atom is 0.252 e. The van der Waals surface area contributed by atoms with E-state index in [0.717, 1.165) is 30.0 Å². The SMILES string of the molecule is Cc1ccccc1C(=O)NC(C(=O)NCc1ccc(N2CCCC2)nc1)C(C)C. The average Bonchev–Trinajstić information content (AvgIpc) is 3.25. The van der Waals surface area contributed by atoms with Gasteiger partial charge in [-0.25, -0.2) is 4.98 Å². The molecule has 1 aromatic carbocycles. The highest BCUT2D eigenvalue weighted by atomic mass is 16.2. The summed E-state index contributed by atoms with van der Waals surface area (Å²) < 4.78 is 0. The summed E-state index contributed by atoms with van der Waals surface area (Å²) in [6.07, 6.45) is 4.23. The van der Waals surface area contributed by atoms with Gasteiger partial charge in [-0.1, -0.05) is 38.1 Å². The lowest BCUT2D eigenvalue weighted by molar-refractivity contribution is -0.124. The summed E-state index contributed by atoms with van der Waals surface area (Å²) in [7, 11) is 0. The van der Waals surface area contributed by atoms with E-state index in [1.54, 1.807) is 6.07 Å². The standard InChI is InChI=1S/C23H30N4O2/c1-16(2)21(26-22(28)19-9-5-4-8-17(19)3)23(29)25-15-18-10-11-20(24-14-18)27-12-6-7-13-27/h4-5,8-11,14,16,21H,6-7,12-13,15H2,1-3H3,(H,25,29)(H,26,28). The van der Waals surface area contributed by atoms with Crippen molar-refractivity contribution in [2.75, 3.05) is 18.0 Å². The second-order valence-electron chi connectivity index (χ2n) is 7.95. The summed E-state index contributed by atoms with van der Waals surface area (Å²) in [6, 6.07) is 10.8. The summed E-state index contributed by atoms with van der Waals surface area (Å²) in [5, 5.41) is 5.82. The Labute approximate surface area is 172 Å². The Morgan fingerprint density at radius 2 is 1.83 bits per heavy atom. The molecule has 1 atom stereocenters. The fraction of sp³-hybridized carbons (Fsp3) is 0.435. The number of nitrogens with one attached hydrogen (secondary N) is 2. The molecule has 2 N–H and O–H groups in total. The Morgan fingerprint density at radius 3 is 2.45 bits per heavy atom. The van der Waals surface area contributed by atoms with Crippen LogP contribution in [0.5, 0.6) is 0 Å². The third-order valence-electron chi connectivity index (χ3n) is 5.33. The molecule has 1 saturated heterocycles. The first-order valence-electron chi connectivity index (χ1n) is 10.3. The van der Waals surface area contributed by atoms with E-state index in [1.807, 2.05) is 57.3 Å². The van der Waals surface area contributed by atoms with Gasteiger partial charge in [0.2, 0.25) is 5.91 Å². The molecule has 0 spiro atoms. The van der Waals surface area contributed by atoms with Crippen molar-refractivity contribution in [2.24, 2.45) is 5.92 Å². The largest absolute Gasteiger partial charge is 0.357 e. The molecule has 0 radical (unpaired) electrons. The van der Waals surface area contributed by atoms with Crippen LogP contribution in [0.1, 0.15) is 48.2 Å². The molecule has 1 unspecified atom stereocenters. The molecule has 2 aromatic rings. The zero-order chi connectivity index (χ0) is 20.8. The quantitative estimate of drug-likeness (QED) is 0.757. The molecule has 6 nitrogen and oxygen atoms in total. The Morgan fingerprint density at radius 1 is 1.10 bits per heavy atom. The first-order chi connectivity index (χ1) is 14.0. The van der Waals surface area contributed by atoms with Crippen LogP contribution in [0.25, 0.3) is 0 Å². The van der Waals surface area contributed by atoms with Gasteiger partial charge < -0.3 is 15.5 Å². The van der Waals surface area contributed by atoms with Crippen molar-refractivity contribution >= 4 is 17.6 Å². The van der Waals surface area contributed by atoms with Gasteiger partial charge in [-0.15, -0.1) is 0 Å². The van der Waals surface area contributed by atoms with E-state index in [0.29, 0.717) is 12.1 Å². The Bertz CT molecular complexity index is 842. The van der Waals surface area contributed by atoms with Crippen LogP contribution in [0.3, 0.4) is 0 Å². The van der Waals surface area contributed by atoms with Gasteiger partial charge in [0.05, 0.1) is 0 Å². The second kappa shape index (κ2) is 9.54. The van der Waals surface area contributed by atoms with E-state index < -0.39 is 6.04 Å². The molecule has 1 fully saturated rings. The second-order valence-corrected chi connectivity index (χ2v) is 7.95. The van der Waals surface area contributed by atoms with Gasteiger partial charge in [-0.2, -0.15) is 0 Å². The molecule has 2 heterocycles. The maximum absolute atomic E-state index is 12.7. The van der Waals surface area contributed by atoms with Gasteiger partial charge in [-0.05, 0) is 48.9 Å². The highest BCUT2D eigenvalue weighted by Gasteiger charge is 2.25. The average molecular weight is 395 g/mol. The van der Waals surface area contributed by atoms with E-state index >= 15 is 0 Å². The number of aryl methyl sites for hydroxylation is 1. The van der Waals surface area contributed by atoms with Crippen LogP contribution in [0.15, 0.2) is 42.6 Å². The van der Waals surface area contributed by atoms with Gasteiger partial charge in [0, 0.05) is 31.4 Å². The molecule has 1 aromatic heterocycles. The smallest absolute Gasteiger partial charge is 0.252 e. The third kappa shape index (κ3) is 5.34. The predicted octanol–water partition coefficient (Wildman–Crippen LogP) is 3.06. The monoisotopic (exact) mass is 394 g/mol. The third-order valence-corrected chi connectivity index (χ3v) is 5.33. The highest BCUT2D eigenvalue weighted by molar-refractivity contribution is 5.98. The van der Waals surface area contributed by atoms with Crippen molar-refractivity contribution in [3.8, 4) is 0 Å². The molecule has 6 heteroatoms. The number of carbonyl (C=O) groups is 2. The van der Waals surface area contributed by atoms with Crippen molar-refractivity contribution in [1.29, 1.82) is 0 Å². The number of rotatable bonds is 7. The van der Waals surface area contributed by atoms with Gasteiger partial charge >= 0.3 is 0 Å². The van der Waals surface area contributed by atoms with Gasteiger partial charge in [-0.3, -0.25) is 9.59 Å². The van der Waals surface area contributed by atoms with Gasteiger partial charge in [0.1, 0.15) is 11.9 Å². The summed E-state index contributed by atoms with van der Waals surface area (Å²) in [5.41, 5.74) is 2.42. The van der Waals surface area contributed by atoms with Crippen molar-refractivity contribution in [2.45, 2.75) is 46.2 Å². The van der Waals surface area contributed by atoms with Crippen LogP contribution >= 0.6 is 0 Å². The van der Waals surface area contributed by atoms with Crippen molar-refractivity contribution in [3.05, 3.63) is 59.3 Å². The Balaban J connectivity index is 1.58. The number of hydrogen-bond donors (Lipinski definition) is 2. The molecular weight excluding hydrogens is 364 g/mol. The molecule has 154 valence electrons. The number of carbonyl (C=O) groups excluding carboxylic acids is 2. The summed E-state index contributed by atoms with van der Waals surface area (Å²) >= 11 is 0. The first kappa shape index (κ1) is 20.8. The van der Waals surface area contributed by atoms with E-state index in [1.165, 1.54) is 12.8 Å². The fourth-order valence-electron chi connectivity index (χ4n) is 3.54. The summed E-state index contributed by atoms with van der Waals surface area (Å²) in [6.45, 7) is 8.23. The minimum atomic E-state index is -0.598. The number of hydrogen-bond acceptors (Lipinski definition) is 4. The van der Waals surface area contributed by atoms with E-state index in [4.69, 9.17) is 0 Å². The zero-order valence-corrected chi connectivity index (χ0v) is 17.4. The molecule has 0 aliphatic carbocycles. The topological polar surface area (TPSA) is 74.3 Å². The molecule has 1 aliphatic rings. The number of pyridine rings is 1. The molecule has 0 bridgehead atoms. The lowest BCUT2D eigenvalue weighted by Gasteiger charge is -2.22. The lowest BCUT2D eigenvalue weighted by Crippen LogP contribution is -2.49. The number of anilines is 1. The minimum Gasteiger partial charge on any atom is -0.357 e. The highest BCUT2D eigenvalue weighted by Crippen LogP contribution is 2.17. The zero-order valence-electron chi connectivity index (χ0n) is 17.4. The molecule has 0 saturated carbocycles. The lowest BCUT2D eigenvalue weighted by atomic mass is 10.0. The van der Waals surface area contributed by atoms with E-state index in [-0.39, 0.29) is 17.7 Å². The predicted molar refractivity (Wildman–Crippen MR) is 115 cm³/mol. The minimum absolute atomic E-state index is 0.0290. The van der Waals surface area contributed by atoms with E-state index in [2.05, 4.69) is 20.5 Å². The Hall–Kier alpha value is -2.89. The van der Waals surface area contributed by atoms with Crippen LogP contribution in [-0.4, -0.2) is 35.9 Å². The Kier molecular flexibility index (Phi) is 6.86. The molecular formula is C23H30N4O2. The molecule has 2 amide bonds.